The lowest BCUT2D eigenvalue weighted by Gasteiger charge is -2.45. The van der Waals surface area contributed by atoms with E-state index in [1.165, 1.54) is 11.3 Å². The average Bonchev–Trinajstić information content (AvgIpc) is 2.25. The molecular weight excluding hydrogens is 280 g/mol. The number of hydrogen-bond acceptors (Lipinski definition) is 3. The Morgan fingerprint density at radius 3 is 1.95 bits per heavy atom. The van der Waals surface area contributed by atoms with E-state index in [0.717, 1.165) is 18.9 Å². The Morgan fingerprint density at radius 1 is 1.00 bits per heavy atom. The molecule has 112 valence electrons. The molecule has 0 aromatic heterocycles. The van der Waals surface area contributed by atoms with E-state index < -0.39 is 16.6 Å². The van der Waals surface area contributed by atoms with Crippen LogP contribution in [0.15, 0.2) is 24.3 Å². The highest BCUT2D eigenvalue weighted by Gasteiger charge is 2.41. The highest BCUT2D eigenvalue weighted by atomic mass is 28.4. The Hall–Kier alpha value is -0.626. The zero-order chi connectivity index (χ0) is 15.0. The van der Waals surface area contributed by atoms with Gasteiger partial charge in [0.2, 0.25) is 0 Å². The molecule has 0 atom stereocenters. The first-order valence-electron chi connectivity index (χ1n) is 7.36. The zero-order valence-corrected chi connectivity index (χ0v) is 15.7. The Labute approximate surface area is 125 Å². The average molecular weight is 309 g/mol. The molecule has 20 heavy (non-hydrogen) atoms. The maximum Gasteiger partial charge on any atom is 0.187 e. The SMILES string of the molecule is CN(C)c1ccc(CN2C[Si](C)(C)O[Si](C)(C)C2)cc1. The van der Waals surface area contributed by atoms with Crippen molar-refractivity contribution in [3.05, 3.63) is 29.8 Å². The highest BCUT2D eigenvalue weighted by molar-refractivity contribution is 6.86. The summed E-state index contributed by atoms with van der Waals surface area (Å²) < 4.78 is 6.41. The van der Waals surface area contributed by atoms with Gasteiger partial charge in [-0.15, -0.1) is 0 Å². The van der Waals surface area contributed by atoms with Gasteiger partial charge in [0.05, 0.1) is 0 Å². The summed E-state index contributed by atoms with van der Waals surface area (Å²) in [6.45, 7) is 10.5. The summed E-state index contributed by atoms with van der Waals surface area (Å²) in [5, 5.41) is 0. The Kier molecular flexibility index (Phi) is 4.44. The van der Waals surface area contributed by atoms with Crippen LogP contribution in [0.1, 0.15) is 5.56 Å². The molecule has 0 saturated carbocycles. The lowest BCUT2D eigenvalue weighted by atomic mass is 10.2. The van der Waals surface area contributed by atoms with E-state index in [9.17, 15) is 0 Å². The van der Waals surface area contributed by atoms with E-state index in [4.69, 9.17) is 4.12 Å². The van der Waals surface area contributed by atoms with Gasteiger partial charge in [-0.25, -0.2) is 0 Å². The van der Waals surface area contributed by atoms with E-state index in [2.05, 4.69) is 74.3 Å². The second-order valence-electron chi connectivity index (χ2n) is 7.33. The largest absolute Gasteiger partial charge is 0.454 e. The molecule has 1 aromatic carbocycles. The molecule has 0 unspecified atom stereocenters. The first kappa shape index (κ1) is 15.8. The zero-order valence-electron chi connectivity index (χ0n) is 13.7. The molecule has 0 N–H and O–H groups in total. The summed E-state index contributed by atoms with van der Waals surface area (Å²) in [7, 11) is 1.18. The van der Waals surface area contributed by atoms with Gasteiger partial charge in [0, 0.05) is 38.7 Å². The number of hydrogen-bond donors (Lipinski definition) is 0. The van der Waals surface area contributed by atoms with Crippen molar-refractivity contribution in [2.45, 2.75) is 32.7 Å². The van der Waals surface area contributed by atoms with Crippen molar-refractivity contribution < 1.29 is 4.12 Å². The summed E-state index contributed by atoms with van der Waals surface area (Å²) >= 11 is 0. The lowest BCUT2D eigenvalue weighted by Crippen LogP contribution is -2.62. The van der Waals surface area contributed by atoms with Gasteiger partial charge in [-0.05, 0) is 43.9 Å². The molecule has 0 bridgehead atoms. The maximum absolute atomic E-state index is 6.41. The summed E-state index contributed by atoms with van der Waals surface area (Å²) in [6.07, 6.45) is 2.30. The predicted octanol–water partition coefficient (Wildman–Crippen LogP) is 3.07. The van der Waals surface area contributed by atoms with Crippen LogP contribution in [0.4, 0.5) is 5.69 Å². The molecule has 0 amide bonds. The maximum atomic E-state index is 6.41. The minimum absolute atomic E-state index is 1.06. The first-order valence-corrected chi connectivity index (χ1v) is 13.6. The molecule has 1 aliphatic heterocycles. The fourth-order valence-electron chi connectivity index (χ4n) is 3.21. The summed E-state index contributed by atoms with van der Waals surface area (Å²) in [5.41, 5.74) is 2.67. The van der Waals surface area contributed by atoms with E-state index in [1.807, 2.05) is 0 Å². The molecule has 1 fully saturated rings. The third-order valence-electron chi connectivity index (χ3n) is 3.62. The van der Waals surface area contributed by atoms with Crippen LogP contribution >= 0.6 is 0 Å². The Morgan fingerprint density at radius 2 is 1.50 bits per heavy atom. The fraction of sp³-hybridized carbons (Fsp3) is 0.600. The first-order chi connectivity index (χ1) is 9.17. The molecule has 0 spiro atoms. The normalized spacial score (nSPS) is 21.7. The van der Waals surface area contributed by atoms with Gasteiger partial charge in [0.25, 0.3) is 0 Å². The van der Waals surface area contributed by atoms with Crippen molar-refractivity contribution in [2.24, 2.45) is 0 Å². The van der Waals surface area contributed by atoms with Crippen molar-refractivity contribution in [1.82, 2.24) is 4.90 Å². The van der Waals surface area contributed by atoms with Crippen molar-refractivity contribution in [3.63, 3.8) is 0 Å². The van der Waals surface area contributed by atoms with Gasteiger partial charge in [0.1, 0.15) is 0 Å². The van der Waals surface area contributed by atoms with E-state index in [-0.39, 0.29) is 0 Å². The monoisotopic (exact) mass is 308 g/mol. The quantitative estimate of drug-likeness (QED) is 0.798. The minimum Gasteiger partial charge on any atom is -0.454 e. The molecule has 2 rings (SSSR count). The van der Waals surface area contributed by atoms with E-state index in [0.29, 0.717) is 0 Å². The third-order valence-corrected chi connectivity index (χ3v) is 10.5. The molecule has 5 heteroatoms. The van der Waals surface area contributed by atoms with Crippen molar-refractivity contribution in [2.75, 3.05) is 31.3 Å². The van der Waals surface area contributed by atoms with Crippen molar-refractivity contribution >= 4 is 22.3 Å². The molecular formula is C15H28N2OSi2. The number of rotatable bonds is 3. The van der Waals surface area contributed by atoms with Gasteiger partial charge in [0.15, 0.2) is 16.6 Å². The van der Waals surface area contributed by atoms with Crippen LogP contribution in [0.5, 0.6) is 0 Å². The lowest BCUT2D eigenvalue weighted by molar-refractivity contribution is 0.291. The number of anilines is 1. The van der Waals surface area contributed by atoms with Gasteiger partial charge in [-0.1, -0.05) is 12.1 Å². The van der Waals surface area contributed by atoms with Gasteiger partial charge < -0.3 is 9.02 Å². The van der Waals surface area contributed by atoms with Crippen LogP contribution in [-0.4, -0.2) is 48.0 Å². The van der Waals surface area contributed by atoms with E-state index >= 15 is 0 Å². The van der Waals surface area contributed by atoms with Crippen LogP contribution in [0.3, 0.4) is 0 Å². The predicted molar refractivity (Wildman–Crippen MR) is 92.1 cm³/mol. The molecule has 1 heterocycles. The van der Waals surface area contributed by atoms with Crippen LogP contribution < -0.4 is 4.90 Å². The Balaban J connectivity index is 2.05. The van der Waals surface area contributed by atoms with Crippen LogP contribution in [0, 0.1) is 0 Å². The molecule has 1 aliphatic rings. The van der Waals surface area contributed by atoms with Crippen molar-refractivity contribution in [3.8, 4) is 0 Å². The topological polar surface area (TPSA) is 15.7 Å². The van der Waals surface area contributed by atoms with E-state index in [1.54, 1.807) is 0 Å². The standard InChI is InChI=1S/C15H28N2OSi2/c1-16(2)15-9-7-14(8-10-15)11-17-12-19(3,4)18-20(5,6)13-17/h7-10H,11-13H2,1-6H3. The van der Waals surface area contributed by atoms with Crippen molar-refractivity contribution in [1.29, 1.82) is 0 Å². The smallest absolute Gasteiger partial charge is 0.187 e. The second-order valence-corrected chi connectivity index (χ2v) is 15.8. The van der Waals surface area contributed by atoms with Crippen LogP contribution in [-0.2, 0) is 10.7 Å². The summed E-state index contributed by atoms with van der Waals surface area (Å²) in [5.74, 6) is 0. The Bertz CT molecular complexity index is 441. The van der Waals surface area contributed by atoms with Crippen LogP contribution in [0.25, 0.3) is 0 Å². The molecule has 0 aliphatic carbocycles. The summed E-state index contributed by atoms with van der Waals surface area (Å²) in [4.78, 5) is 4.76. The second kappa shape index (κ2) is 5.63. The highest BCUT2D eigenvalue weighted by Crippen LogP contribution is 2.24. The third kappa shape index (κ3) is 4.18. The number of nitrogens with zero attached hydrogens (tertiary/aromatic N) is 2. The van der Waals surface area contributed by atoms with Gasteiger partial charge >= 0.3 is 0 Å². The summed E-state index contributed by atoms with van der Waals surface area (Å²) in [6, 6.07) is 8.93. The van der Waals surface area contributed by atoms with Gasteiger partial charge in [-0.2, -0.15) is 0 Å². The molecule has 1 saturated heterocycles. The molecule has 1 aromatic rings. The van der Waals surface area contributed by atoms with Gasteiger partial charge in [-0.3, -0.25) is 4.90 Å². The molecule has 3 nitrogen and oxygen atoms in total. The molecule has 0 radical (unpaired) electrons. The van der Waals surface area contributed by atoms with Crippen LogP contribution in [0.2, 0.25) is 26.2 Å². The minimum atomic E-state index is -1.49. The number of benzene rings is 1. The fourth-order valence-corrected chi connectivity index (χ4v) is 12.5.